The van der Waals surface area contributed by atoms with Crippen molar-refractivity contribution in [3.63, 3.8) is 0 Å². The summed E-state index contributed by atoms with van der Waals surface area (Å²) in [6, 6.07) is 5.36. The second-order valence-electron chi connectivity index (χ2n) is 7.13. The predicted octanol–water partition coefficient (Wildman–Crippen LogP) is 3.37. The lowest BCUT2D eigenvalue weighted by molar-refractivity contribution is -0.123. The minimum absolute atomic E-state index is 0.0768. The number of carbonyl (C=O) groups is 2. The minimum atomic E-state index is -0.859. The molecule has 6 heteroatoms. The van der Waals surface area contributed by atoms with Gasteiger partial charge in [0.15, 0.2) is 22.7 Å². The number of hydrogen-bond donors (Lipinski definition) is 2. The first-order chi connectivity index (χ1) is 11.2. The monoisotopic (exact) mass is 343 g/mol. The number of carbonyl (C=O) groups excluding carboxylic acids is 2. The minimum Gasteiger partial charge on any atom is -0.296 e. The maximum atomic E-state index is 12.1. The zero-order valence-electron chi connectivity index (χ0n) is 14.5. The summed E-state index contributed by atoms with van der Waals surface area (Å²) in [7, 11) is 0. The Kier molecular flexibility index (Phi) is 4.05. The summed E-state index contributed by atoms with van der Waals surface area (Å²) in [6.45, 7) is 9.88. The van der Waals surface area contributed by atoms with E-state index in [1.807, 2.05) is 6.07 Å². The summed E-state index contributed by atoms with van der Waals surface area (Å²) < 4.78 is 1.07. The number of ketones is 2. The summed E-state index contributed by atoms with van der Waals surface area (Å²) >= 11 is 1.49. The van der Waals surface area contributed by atoms with Crippen LogP contribution in [0.4, 0.5) is 5.13 Å². The lowest BCUT2D eigenvalue weighted by Gasteiger charge is -2.18. The molecule has 0 spiro atoms. The van der Waals surface area contributed by atoms with E-state index in [1.165, 1.54) is 16.9 Å². The van der Waals surface area contributed by atoms with Gasteiger partial charge in [-0.05, 0) is 37.0 Å². The maximum absolute atomic E-state index is 12.1. The van der Waals surface area contributed by atoms with Crippen molar-refractivity contribution in [2.24, 2.45) is 0 Å². The fraction of sp³-hybridized carbons (Fsp3) is 0.389. The molecule has 2 N–H and O–H groups in total. The number of hydrazine groups is 1. The van der Waals surface area contributed by atoms with Crippen molar-refractivity contribution in [1.82, 2.24) is 10.4 Å². The van der Waals surface area contributed by atoms with E-state index in [1.54, 1.807) is 13.8 Å². The lowest BCUT2D eigenvalue weighted by Crippen LogP contribution is -2.43. The van der Waals surface area contributed by atoms with Gasteiger partial charge >= 0.3 is 0 Å². The van der Waals surface area contributed by atoms with E-state index in [2.05, 4.69) is 48.7 Å². The molecule has 0 unspecified atom stereocenters. The van der Waals surface area contributed by atoms with Gasteiger partial charge in [-0.1, -0.05) is 38.2 Å². The number of anilines is 1. The molecule has 1 aliphatic carbocycles. The van der Waals surface area contributed by atoms with E-state index in [-0.39, 0.29) is 17.0 Å². The average molecular weight is 343 g/mol. The number of nitrogens with zero attached hydrogens (tertiary/aromatic N) is 1. The molecule has 0 fully saturated rings. The first-order valence-corrected chi connectivity index (χ1v) is 8.68. The molecule has 24 heavy (non-hydrogen) atoms. The summed E-state index contributed by atoms with van der Waals surface area (Å²) in [4.78, 5) is 28.6. The van der Waals surface area contributed by atoms with E-state index >= 15 is 0 Å². The number of Topliss-reactive ketones (excluding diaryl/α,β-unsaturated/α-hetero) is 2. The second-order valence-corrected chi connectivity index (χ2v) is 8.16. The van der Waals surface area contributed by atoms with Crippen LogP contribution >= 0.6 is 11.3 Å². The number of hydrogen-bond acceptors (Lipinski definition) is 6. The quantitative estimate of drug-likeness (QED) is 0.660. The molecule has 3 rings (SSSR count). The Labute approximate surface area is 145 Å². The van der Waals surface area contributed by atoms with Gasteiger partial charge in [0, 0.05) is 11.1 Å². The van der Waals surface area contributed by atoms with Crippen LogP contribution in [0.5, 0.6) is 0 Å². The molecule has 0 atom stereocenters. The first-order valence-electron chi connectivity index (χ1n) is 7.87. The van der Waals surface area contributed by atoms with Gasteiger partial charge in [0.25, 0.3) is 0 Å². The molecule has 5 nitrogen and oxygen atoms in total. The maximum Gasteiger partial charge on any atom is 0.198 e. The molecule has 1 heterocycles. The van der Waals surface area contributed by atoms with E-state index in [0.29, 0.717) is 16.3 Å². The zero-order chi connectivity index (χ0) is 17.6. The highest BCUT2D eigenvalue weighted by molar-refractivity contribution is 7.22. The van der Waals surface area contributed by atoms with Gasteiger partial charge in [0.1, 0.15) is 0 Å². The van der Waals surface area contributed by atoms with Crippen LogP contribution < -0.4 is 10.9 Å². The number of fused-ring (bicyclic) bond motifs is 1. The highest BCUT2D eigenvalue weighted by Crippen LogP contribution is 2.31. The van der Waals surface area contributed by atoms with Crippen molar-refractivity contribution in [1.29, 1.82) is 0 Å². The number of nitrogens with one attached hydrogen (secondary N) is 2. The molecule has 1 aromatic carbocycles. The normalized spacial score (nSPS) is 16.5. The molecule has 1 aromatic heterocycles. The van der Waals surface area contributed by atoms with Gasteiger partial charge in [-0.3, -0.25) is 15.0 Å². The van der Waals surface area contributed by atoms with Crippen LogP contribution in [0.15, 0.2) is 29.3 Å². The Balaban J connectivity index is 1.77. The summed E-state index contributed by atoms with van der Waals surface area (Å²) in [5.74, 6) is -0.359. The van der Waals surface area contributed by atoms with Crippen molar-refractivity contribution < 1.29 is 9.59 Å². The van der Waals surface area contributed by atoms with Gasteiger partial charge < -0.3 is 0 Å². The molecule has 0 saturated carbocycles. The second kappa shape index (κ2) is 5.79. The van der Waals surface area contributed by atoms with Crippen LogP contribution in [0.2, 0.25) is 0 Å². The largest absolute Gasteiger partial charge is 0.296 e. The highest BCUT2D eigenvalue weighted by atomic mass is 32.1. The van der Waals surface area contributed by atoms with Crippen LogP contribution in [0.1, 0.15) is 40.2 Å². The van der Waals surface area contributed by atoms with E-state index < -0.39 is 6.04 Å². The lowest BCUT2D eigenvalue weighted by atomic mass is 9.87. The zero-order valence-corrected chi connectivity index (χ0v) is 15.3. The Morgan fingerprint density at radius 1 is 1.08 bits per heavy atom. The molecular weight excluding hydrogens is 322 g/mol. The molecule has 0 radical (unpaired) electrons. The molecule has 0 saturated heterocycles. The Morgan fingerprint density at radius 3 is 2.29 bits per heavy atom. The van der Waals surface area contributed by atoms with Gasteiger partial charge in [-0.15, -0.1) is 0 Å². The van der Waals surface area contributed by atoms with E-state index in [0.717, 1.165) is 10.2 Å². The fourth-order valence-corrected chi connectivity index (χ4v) is 3.50. The van der Waals surface area contributed by atoms with Crippen LogP contribution in [0.25, 0.3) is 10.2 Å². The van der Waals surface area contributed by atoms with Gasteiger partial charge in [-0.2, -0.15) is 0 Å². The standard InChI is InChI=1S/C18H21N3O2S/c1-9-10(2)16(23)14(15(9)22)20-21-17-19-12-7-6-11(18(3,4)5)8-13(12)24-17/h6-8,14,20H,1-5H3,(H,19,21). The average Bonchev–Trinajstić information content (AvgIpc) is 3.00. The Hall–Kier alpha value is -2.05. The van der Waals surface area contributed by atoms with Crippen molar-refractivity contribution in [2.75, 3.05) is 5.43 Å². The van der Waals surface area contributed by atoms with Crippen LogP contribution in [0.3, 0.4) is 0 Å². The molecular formula is C18H21N3O2S. The fourth-order valence-electron chi connectivity index (χ4n) is 2.63. The first kappa shape index (κ1) is 16.8. The van der Waals surface area contributed by atoms with Crippen LogP contribution in [-0.2, 0) is 15.0 Å². The molecule has 0 bridgehead atoms. The predicted molar refractivity (Wildman–Crippen MR) is 97.3 cm³/mol. The molecule has 2 aromatic rings. The van der Waals surface area contributed by atoms with Crippen LogP contribution in [-0.4, -0.2) is 22.6 Å². The third kappa shape index (κ3) is 2.87. The Bertz CT molecular complexity index is 850. The third-order valence-electron chi connectivity index (χ3n) is 4.40. The molecule has 126 valence electrons. The highest BCUT2D eigenvalue weighted by Gasteiger charge is 2.36. The number of thiazole rings is 1. The smallest absolute Gasteiger partial charge is 0.198 e. The van der Waals surface area contributed by atoms with Crippen molar-refractivity contribution in [3.05, 3.63) is 34.9 Å². The van der Waals surface area contributed by atoms with Crippen molar-refractivity contribution in [2.45, 2.75) is 46.1 Å². The Morgan fingerprint density at radius 2 is 1.71 bits per heavy atom. The molecule has 1 aliphatic rings. The number of rotatable bonds is 3. The van der Waals surface area contributed by atoms with Gasteiger partial charge in [0.2, 0.25) is 0 Å². The van der Waals surface area contributed by atoms with Gasteiger partial charge in [0.05, 0.1) is 10.2 Å². The number of aromatic nitrogens is 1. The molecule has 0 amide bonds. The number of benzene rings is 1. The summed E-state index contributed by atoms with van der Waals surface area (Å²) in [5, 5.41) is 0.638. The third-order valence-corrected chi connectivity index (χ3v) is 5.34. The topological polar surface area (TPSA) is 71.1 Å². The SMILES string of the molecule is CC1=C(C)C(=O)C(NNc2nc3ccc(C(C)(C)C)cc3s2)C1=O. The molecule has 0 aliphatic heterocycles. The van der Waals surface area contributed by atoms with E-state index in [4.69, 9.17) is 0 Å². The summed E-state index contributed by atoms with van der Waals surface area (Å²) in [5.41, 5.74) is 9.02. The van der Waals surface area contributed by atoms with E-state index in [9.17, 15) is 9.59 Å². The van der Waals surface area contributed by atoms with Crippen LogP contribution in [0, 0.1) is 0 Å². The van der Waals surface area contributed by atoms with Crippen molar-refractivity contribution in [3.8, 4) is 0 Å². The van der Waals surface area contributed by atoms with Gasteiger partial charge in [-0.25, -0.2) is 10.4 Å². The van der Waals surface area contributed by atoms with Crippen molar-refractivity contribution >= 4 is 38.3 Å². The summed E-state index contributed by atoms with van der Waals surface area (Å²) in [6.07, 6.45) is 0.